The Bertz CT molecular complexity index is 373. The van der Waals surface area contributed by atoms with E-state index in [1.807, 2.05) is 12.1 Å². The minimum Gasteiger partial charge on any atom is -0.271 e. The van der Waals surface area contributed by atoms with E-state index in [0.29, 0.717) is 10.8 Å². The fraction of sp³-hybridized carbons (Fsp3) is 0.625. The molecule has 0 spiro atoms. The lowest BCUT2D eigenvalue weighted by Gasteiger charge is -2.22. The smallest absolute Gasteiger partial charge is 0.136 e. The molecule has 0 amide bonds. The van der Waals surface area contributed by atoms with Crippen LogP contribution in [-0.2, 0) is 0 Å². The van der Waals surface area contributed by atoms with E-state index in [9.17, 15) is 4.39 Å². The number of hydrazine groups is 1. The van der Waals surface area contributed by atoms with Crippen LogP contribution < -0.4 is 11.3 Å². The third-order valence-corrected chi connectivity index (χ3v) is 4.88. The molecule has 2 nitrogen and oxygen atoms in total. The van der Waals surface area contributed by atoms with Crippen molar-refractivity contribution in [1.82, 2.24) is 5.43 Å². The molecule has 0 fully saturated rings. The van der Waals surface area contributed by atoms with E-state index < -0.39 is 0 Å². The number of hydrogen-bond donors (Lipinski definition) is 2. The first-order chi connectivity index (χ1) is 9.71. The molecule has 0 aliphatic heterocycles. The second kappa shape index (κ2) is 10.2. The summed E-state index contributed by atoms with van der Waals surface area (Å²) in [7, 11) is 0. The average Bonchev–Trinajstić information content (AvgIpc) is 2.48. The van der Waals surface area contributed by atoms with Gasteiger partial charge < -0.3 is 0 Å². The maximum atomic E-state index is 13.6. The standard InChI is InChI=1S/C16H27FN2S/c1-3-5-8-13(4-2)11-14(19-18)12-20-16-10-7-6-9-15(16)17/h6-7,9-10,13-14,19H,3-5,8,11-12,18H2,1-2H3. The Labute approximate surface area is 126 Å². The lowest BCUT2D eigenvalue weighted by atomic mass is 9.93. The fourth-order valence-electron chi connectivity index (χ4n) is 2.32. The quantitative estimate of drug-likeness (QED) is 0.383. The molecule has 0 aliphatic carbocycles. The predicted molar refractivity (Wildman–Crippen MR) is 86.2 cm³/mol. The highest BCUT2D eigenvalue weighted by Crippen LogP contribution is 2.25. The van der Waals surface area contributed by atoms with Gasteiger partial charge in [0.1, 0.15) is 5.82 Å². The van der Waals surface area contributed by atoms with Crippen molar-refractivity contribution in [3.8, 4) is 0 Å². The Morgan fingerprint density at radius 1 is 1.30 bits per heavy atom. The fourth-order valence-corrected chi connectivity index (χ4v) is 3.31. The molecular weight excluding hydrogens is 271 g/mol. The monoisotopic (exact) mass is 298 g/mol. The molecule has 0 bridgehead atoms. The summed E-state index contributed by atoms with van der Waals surface area (Å²) in [5.74, 6) is 7.01. The zero-order chi connectivity index (χ0) is 14.8. The van der Waals surface area contributed by atoms with Crippen LogP contribution in [-0.4, -0.2) is 11.8 Å². The lowest BCUT2D eigenvalue weighted by Crippen LogP contribution is -2.38. The first kappa shape index (κ1) is 17.5. The molecule has 0 radical (unpaired) electrons. The van der Waals surface area contributed by atoms with Crippen molar-refractivity contribution in [1.29, 1.82) is 0 Å². The van der Waals surface area contributed by atoms with E-state index in [-0.39, 0.29) is 11.9 Å². The zero-order valence-electron chi connectivity index (χ0n) is 12.6. The summed E-state index contributed by atoms with van der Waals surface area (Å²) in [6.07, 6.45) is 6.02. The Morgan fingerprint density at radius 2 is 2.05 bits per heavy atom. The number of nitrogens with one attached hydrogen (secondary N) is 1. The van der Waals surface area contributed by atoms with Crippen molar-refractivity contribution >= 4 is 11.8 Å². The summed E-state index contributed by atoms with van der Waals surface area (Å²) in [5, 5.41) is 0. The Kier molecular flexibility index (Phi) is 8.90. The van der Waals surface area contributed by atoms with Gasteiger partial charge in [-0.15, -0.1) is 11.8 Å². The SMILES string of the molecule is CCCCC(CC)CC(CSc1ccccc1F)NN. The van der Waals surface area contributed by atoms with Crippen molar-refractivity contribution in [2.24, 2.45) is 11.8 Å². The molecular formula is C16H27FN2S. The summed E-state index contributed by atoms with van der Waals surface area (Å²) in [6, 6.07) is 7.15. The summed E-state index contributed by atoms with van der Waals surface area (Å²) >= 11 is 1.54. The highest BCUT2D eigenvalue weighted by molar-refractivity contribution is 7.99. The van der Waals surface area contributed by atoms with Crippen LogP contribution in [0.3, 0.4) is 0 Å². The molecule has 0 saturated heterocycles. The van der Waals surface area contributed by atoms with Gasteiger partial charge >= 0.3 is 0 Å². The molecule has 2 unspecified atom stereocenters. The summed E-state index contributed by atoms with van der Waals surface area (Å²) in [5.41, 5.74) is 2.89. The topological polar surface area (TPSA) is 38.0 Å². The van der Waals surface area contributed by atoms with Crippen LogP contribution in [0.2, 0.25) is 0 Å². The third-order valence-electron chi connectivity index (χ3n) is 3.67. The van der Waals surface area contributed by atoms with Crippen LogP contribution in [0.1, 0.15) is 46.0 Å². The van der Waals surface area contributed by atoms with Gasteiger partial charge in [-0.2, -0.15) is 0 Å². The van der Waals surface area contributed by atoms with E-state index >= 15 is 0 Å². The van der Waals surface area contributed by atoms with Crippen molar-refractivity contribution in [3.05, 3.63) is 30.1 Å². The summed E-state index contributed by atoms with van der Waals surface area (Å²) in [6.45, 7) is 4.46. The zero-order valence-corrected chi connectivity index (χ0v) is 13.4. The molecule has 0 heterocycles. The van der Waals surface area contributed by atoms with E-state index in [1.54, 1.807) is 6.07 Å². The number of benzene rings is 1. The van der Waals surface area contributed by atoms with Gasteiger partial charge in [-0.25, -0.2) is 4.39 Å². The number of nitrogens with two attached hydrogens (primary N) is 1. The first-order valence-electron chi connectivity index (χ1n) is 7.54. The number of unbranched alkanes of at least 4 members (excludes halogenated alkanes) is 1. The molecule has 114 valence electrons. The predicted octanol–water partition coefficient (Wildman–Crippen LogP) is 4.36. The largest absolute Gasteiger partial charge is 0.271 e. The summed E-state index contributed by atoms with van der Waals surface area (Å²) < 4.78 is 13.6. The molecule has 0 saturated carbocycles. The van der Waals surface area contributed by atoms with E-state index in [4.69, 9.17) is 5.84 Å². The minimum absolute atomic E-state index is 0.147. The van der Waals surface area contributed by atoms with E-state index in [1.165, 1.54) is 43.5 Å². The van der Waals surface area contributed by atoms with E-state index in [2.05, 4.69) is 19.3 Å². The molecule has 0 aromatic heterocycles. The van der Waals surface area contributed by atoms with Crippen LogP contribution in [0.25, 0.3) is 0 Å². The second-order valence-electron chi connectivity index (χ2n) is 5.26. The molecule has 1 aromatic rings. The highest BCUT2D eigenvalue weighted by atomic mass is 32.2. The second-order valence-corrected chi connectivity index (χ2v) is 6.32. The number of thioether (sulfide) groups is 1. The van der Waals surface area contributed by atoms with Gasteiger partial charge in [0, 0.05) is 16.7 Å². The van der Waals surface area contributed by atoms with Crippen molar-refractivity contribution < 1.29 is 4.39 Å². The van der Waals surface area contributed by atoms with Gasteiger partial charge in [0.15, 0.2) is 0 Å². The normalized spacial score (nSPS) is 14.2. The Morgan fingerprint density at radius 3 is 2.65 bits per heavy atom. The number of rotatable bonds is 10. The molecule has 4 heteroatoms. The number of halogens is 1. The van der Waals surface area contributed by atoms with Gasteiger partial charge in [-0.3, -0.25) is 11.3 Å². The maximum absolute atomic E-state index is 13.6. The van der Waals surface area contributed by atoms with Crippen LogP contribution in [0.4, 0.5) is 4.39 Å². The van der Waals surface area contributed by atoms with Gasteiger partial charge in [0.25, 0.3) is 0 Å². The minimum atomic E-state index is -0.147. The van der Waals surface area contributed by atoms with Gasteiger partial charge in [0.05, 0.1) is 0 Å². The molecule has 20 heavy (non-hydrogen) atoms. The Hall–Kier alpha value is -0.580. The van der Waals surface area contributed by atoms with Crippen LogP contribution in [0.5, 0.6) is 0 Å². The van der Waals surface area contributed by atoms with Gasteiger partial charge in [-0.1, -0.05) is 51.7 Å². The molecule has 1 rings (SSSR count). The lowest BCUT2D eigenvalue weighted by molar-refractivity contribution is 0.367. The van der Waals surface area contributed by atoms with Crippen molar-refractivity contribution in [2.45, 2.75) is 56.9 Å². The number of hydrogen-bond acceptors (Lipinski definition) is 3. The summed E-state index contributed by atoms with van der Waals surface area (Å²) in [4.78, 5) is 0.703. The van der Waals surface area contributed by atoms with Crippen molar-refractivity contribution in [3.63, 3.8) is 0 Å². The van der Waals surface area contributed by atoms with Gasteiger partial charge in [-0.05, 0) is 24.5 Å². The van der Waals surface area contributed by atoms with Crippen LogP contribution in [0.15, 0.2) is 29.2 Å². The van der Waals surface area contributed by atoms with E-state index in [0.717, 1.165) is 12.2 Å². The molecule has 3 N–H and O–H groups in total. The third kappa shape index (κ3) is 6.25. The molecule has 1 aromatic carbocycles. The molecule has 2 atom stereocenters. The van der Waals surface area contributed by atoms with Crippen LogP contribution in [0, 0.1) is 11.7 Å². The van der Waals surface area contributed by atoms with Crippen LogP contribution >= 0.6 is 11.8 Å². The van der Waals surface area contributed by atoms with Gasteiger partial charge in [0.2, 0.25) is 0 Å². The highest BCUT2D eigenvalue weighted by Gasteiger charge is 2.15. The Balaban J connectivity index is 2.44. The first-order valence-corrected chi connectivity index (χ1v) is 8.53. The maximum Gasteiger partial charge on any atom is 0.136 e. The molecule has 0 aliphatic rings. The average molecular weight is 298 g/mol. The van der Waals surface area contributed by atoms with Crippen molar-refractivity contribution in [2.75, 3.05) is 5.75 Å².